The summed E-state index contributed by atoms with van der Waals surface area (Å²) in [4.78, 5) is 20.7. The van der Waals surface area contributed by atoms with Gasteiger partial charge in [-0.1, -0.05) is 54.8 Å². The summed E-state index contributed by atoms with van der Waals surface area (Å²) in [5.74, 6) is 0.676. The molecule has 330 valence electrons. The summed E-state index contributed by atoms with van der Waals surface area (Å²) >= 11 is 2.32. The van der Waals surface area contributed by atoms with Crippen LogP contribution in [0.5, 0.6) is 0 Å². The molecule has 2 saturated heterocycles. The van der Waals surface area contributed by atoms with Gasteiger partial charge in [-0.2, -0.15) is 13.2 Å². The van der Waals surface area contributed by atoms with Gasteiger partial charge < -0.3 is 15.0 Å². The Morgan fingerprint density at radius 3 is 2.31 bits per heavy atom. The van der Waals surface area contributed by atoms with E-state index in [1.54, 1.807) is 35.0 Å². The number of nitrogens with one attached hydrogen (secondary N) is 2. The molecule has 2 atom stereocenters. The molecule has 7 rings (SSSR count). The number of anilines is 2. The maximum Gasteiger partial charge on any atom is 0.501 e. The number of nitrogens with zero attached hydrogens (tertiary/aromatic N) is 3. The highest BCUT2D eigenvalue weighted by Gasteiger charge is 2.48. The smallest absolute Gasteiger partial charge is 0.380 e. The summed E-state index contributed by atoms with van der Waals surface area (Å²) < 4.78 is 76.5. The topological polar surface area (TPSA) is 94.2 Å². The summed E-state index contributed by atoms with van der Waals surface area (Å²) in [7, 11) is -5.74. The number of thioether (sulfide) groups is 1. The van der Waals surface area contributed by atoms with Crippen LogP contribution in [0.4, 0.5) is 24.5 Å². The molecule has 0 spiro atoms. The van der Waals surface area contributed by atoms with Crippen LogP contribution in [0.15, 0.2) is 110 Å². The Morgan fingerprint density at radius 1 is 0.934 bits per heavy atom. The molecule has 61 heavy (non-hydrogen) atoms. The molecule has 2 aliphatic carbocycles. The molecule has 1 amide bonds. The molecule has 2 N–H and O–H groups in total. The van der Waals surface area contributed by atoms with E-state index in [-0.39, 0.29) is 16.6 Å². The highest BCUT2D eigenvalue weighted by atomic mass is 32.2. The van der Waals surface area contributed by atoms with Crippen LogP contribution in [0.25, 0.3) is 0 Å². The van der Waals surface area contributed by atoms with Gasteiger partial charge in [-0.15, -0.1) is 11.8 Å². The van der Waals surface area contributed by atoms with Gasteiger partial charge in [0.2, 0.25) is 0 Å². The standard InChI is InChI=1S/C46H58F3N5O4S3/c1-33-27-35(28-33)41-15-17-45(2,3)30-36(41)31-53-19-21-54(22-20-53)38-11-9-34(10-12-38)44(55)51-60-40-13-14-42(43(29-40)61(56,57)46(47,48)49)50-37(16-18-52-23-25-58-26-24-52)32-59-39-7-5-4-6-8-39/h4-14,27,29,35,37,50H,15-26,28,30-32H2,1-3H3,(H,51,55)/t35-,37+/m0/s1. The molecule has 9 nitrogen and oxygen atoms in total. The lowest BCUT2D eigenvalue weighted by Gasteiger charge is -2.41. The summed E-state index contributed by atoms with van der Waals surface area (Å²) in [6, 6.07) is 20.5. The maximum absolute atomic E-state index is 14.1. The predicted octanol–water partition coefficient (Wildman–Crippen LogP) is 9.31. The van der Waals surface area contributed by atoms with Crippen LogP contribution < -0.4 is 14.9 Å². The number of carbonyl (C=O) groups is 1. The first-order valence-electron chi connectivity index (χ1n) is 21.3. The molecule has 0 aromatic heterocycles. The van der Waals surface area contributed by atoms with Crippen molar-refractivity contribution in [1.29, 1.82) is 0 Å². The number of carbonyl (C=O) groups excluding carboxylic acids is 1. The fourth-order valence-corrected chi connectivity index (χ4v) is 11.3. The first kappa shape index (κ1) is 45.6. The molecule has 3 aromatic carbocycles. The predicted molar refractivity (Wildman–Crippen MR) is 241 cm³/mol. The molecule has 0 radical (unpaired) electrons. The van der Waals surface area contributed by atoms with E-state index < -0.39 is 26.1 Å². The SMILES string of the molecule is CC1=C[C@H](C2=C(CN3CCN(c4ccc(C(=O)NSc5ccc(N[C@H](CCN6CCOCC6)CSc6ccccc6)c(S(=O)(=O)C(F)(F)F)c5)cc4)CC3)CC(C)(C)CC2)C1. The third-order valence-corrected chi connectivity index (χ3v) is 15.7. The van der Waals surface area contributed by atoms with Crippen molar-refractivity contribution in [3.05, 3.63) is 101 Å². The minimum absolute atomic E-state index is 0.133. The van der Waals surface area contributed by atoms with Gasteiger partial charge in [0.1, 0.15) is 4.90 Å². The fourth-order valence-electron chi connectivity index (χ4n) is 8.66. The first-order chi connectivity index (χ1) is 29.1. The van der Waals surface area contributed by atoms with Crippen molar-refractivity contribution in [3.63, 3.8) is 0 Å². The Hall–Kier alpha value is -3.47. The largest absolute Gasteiger partial charge is 0.501 e. The van der Waals surface area contributed by atoms with Crippen molar-refractivity contribution < 1.29 is 31.1 Å². The number of benzene rings is 3. The van der Waals surface area contributed by atoms with Crippen molar-refractivity contribution >= 4 is 50.8 Å². The molecule has 0 unspecified atom stereocenters. The maximum atomic E-state index is 14.1. The first-order valence-corrected chi connectivity index (χ1v) is 24.5. The molecule has 2 heterocycles. The average molecular weight is 898 g/mol. The number of amides is 1. The highest BCUT2D eigenvalue weighted by Crippen LogP contribution is 2.45. The van der Waals surface area contributed by atoms with Gasteiger partial charge in [-0.05, 0) is 111 Å². The van der Waals surface area contributed by atoms with Gasteiger partial charge in [-0.3, -0.25) is 19.3 Å². The van der Waals surface area contributed by atoms with E-state index >= 15 is 0 Å². The van der Waals surface area contributed by atoms with Gasteiger partial charge in [0, 0.05) is 91.1 Å². The fraction of sp³-hybridized carbons (Fsp3) is 0.500. The lowest BCUT2D eigenvalue weighted by Crippen LogP contribution is -2.47. The molecular formula is C46H58F3N5O4S3. The number of allylic oxidation sites excluding steroid dienone is 3. The van der Waals surface area contributed by atoms with E-state index in [1.165, 1.54) is 37.0 Å². The third-order valence-electron chi connectivity index (χ3n) is 12.2. The number of ether oxygens (including phenoxy) is 1. The van der Waals surface area contributed by atoms with Crippen molar-refractivity contribution in [3.8, 4) is 0 Å². The summed E-state index contributed by atoms with van der Waals surface area (Å²) in [6.45, 7) is 15.1. The van der Waals surface area contributed by atoms with E-state index in [0.717, 1.165) is 80.8 Å². The van der Waals surface area contributed by atoms with Crippen molar-refractivity contribution in [2.75, 3.05) is 81.5 Å². The molecule has 0 saturated carbocycles. The Bertz CT molecular complexity index is 2150. The monoisotopic (exact) mass is 897 g/mol. The summed E-state index contributed by atoms with van der Waals surface area (Å²) in [5, 5.41) is 3.16. The lowest BCUT2D eigenvalue weighted by atomic mass is 9.68. The Kier molecular flexibility index (Phi) is 14.9. The number of halogens is 3. The van der Waals surface area contributed by atoms with Gasteiger partial charge in [0.05, 0.1) is 18.9 Å². The molecular weight excluding hydrogens is 840 g/mol. The Labute approximate surface area is 368 Å². The molecule has 4 aliphatic rings. The second kappa shape index (κ2) is 19.9. The van der Waals surface area contributed by atoms with E-state index in [2.05, 4.69) is 51.6 Å². The third kappa shape index (κ3) is 12.0. The van der Waals surface area contributed by atoms with Crippen LogP contribution in [-0.2, 0) is 14.6 Å². The summed E-state index contributed by atoms with van der Waals surface area (Å²) in [6.07, 6.45) is 7.83. The minimum Gasteiger partial charge on any atom is -0.380 e. The normalized spacial score (nSPS) is 20.8. The van der Waals surface area contributed by atoms with Crippen LogP contribution >= 0.6 is 23.7 Å². The second-order valence-electron chi connectivity index (χ2n) is 17.5. The van der Waals surface area contributed by atoms with E-state index in [4.69, 9.17) is 4.74 Å². The van der Waals surface area contributed by atoms with Gasteiger partial charge in [0.15, 0.2) is 0 Å². The van der Waals surface area contributed by atoms with E-state index in [9.17, 15) is 26.4 Å². The van der Waals surface area contributed by atoms with Crippen LogP contribution in [-0.4, -0.2) is 107 Å². The second-order valence-corrected chi connectivity index (χ2v) is 21.3. The van der Waals surface area contributed by atoms with Gasteiger partial charge >= 0.3 is 5.51 Å². The molecule has 3 aromatic rings. The molecule has 15 heteroatoms. The Morgan fingerprint density at radius 2 is 1.64 bits per heavy atom. The highest BCUT2D eigenvalue weighted by molar-refractivity contribution is 7.99. The number of hydrogen-bond donors (Lipinski definition) is 2. The van der Waals surface area contributed by atoms with Crippen LogP contribution in [0.1, 0.15) is 63.2 Å². The number of morpholine rings is 1. The zero-order chi connectivity index (χ0) is 43.2. The number of hydrogen-bond acceptors (Lipinski definition) is 10. The quantitative estimate of drug-likeness (QED) is 0.0824. The minimum atomic E-state index is -5.74. The Balaban J connectivity index is 0.970. The average Bonchev–Trinajstić information content (AvgIpc) is 3.23. The van der Waals surface area contributed by atoms with Crippen molar-refractivity contribution in [1.82, 2.24) is 14.5 Å². The molecule has 2 fully saturated rings. The van der Waals surface area contributed by atoms with E-state index in [0.29, 0.717) is 48.8 Å². The molecule has 2 aliphatic heterocycles. The lowest BCUT2D eigenvalue weighted by molar-refractivity contribution is -0.0435. The number of alkyl halides is 3. The summed E-state index contributed by atoms with van der Waals surface area (Å²) in [5.41, 5.74) is 0.898. The van der Waals surface area contributed by atoms with Gasteiger partial charge in [0.25, 0.3) is 15.7 Å². The number of rotatable bonds is 16. The zero-order valence-corrected chi connectivity index (χ0v) is 37.8. The zero-order valence-electron chi connectivity index (χ0n) is 35.3. The molecule has 0 bridgehead atoms. The van der Waals surface area contributed by atoms with Crippen molar-refractivity contribution in [2.45, 2.75) is 79.1 Å². The van der Waals surface area contributed by atoms with Crippen LogP contribution in [0.2, 0.25) is 0 Å². The van der Waals surface area contributed by atoms with E-state index in [1.807, 2.05) is 42.5 Å². The van der Waals surface area contributed by atoms with Gasteiger partial charge in [-0.25, -0.2) is 8.42 Å². The number of sulfone groups is 1. The number of piperazine rings is 1. The van der Waals surface area contributed by atoms with Crippen molar-refractivity contribution in [2.24, 2.45) is 11.3 Å². The van der Waals surface area contributed by atoms with Crippen LogP contribution in [0, 0.1) is 11.3 Å². The van der Waals surface area contributed by atoms with Crippen LogP contribution in [0.3, 0.4) is 0 Å².